The molecule has 0 bridgehead atoms. The number of benzene rings is 2. The second-order valence-corrected chi connectivity index (χ2v) is 7.14. The second kappa shape index (κ2) is 9.47. The number of hydrogen-bond donors (Lipinski definition) is 0. The lowest BCUT2D eigenvalue weighted by molar-refractivity contribution is -0.140. The van der Waals surface area contributed by atoms with Crippen LogP contribution in [0.15, 0.2) is 59.1 Å². The number of esters is 1. The SMILES string of the molecule is CCOc1ccccc1-c1noc(COC(=O)C(=O)c2c(C)nn(-c3ccccc3)c2C)n1. The van der Waals surface area contributed by atoms with Gasteiger partial charge < -0.3 is 14.0 Å². The van der Waals surface area contributed by atoms with Gasteiger partial charge in [0, 0.05) is 0 Å². The average molecular weight is 446 g/mol. The Labute approximate surface area is 189 Å². The summed E-state index contributed by atoms with van der Waals surface area (Å²) in [4.78, 5) is 29.5. The number of hydrogen-bond acceptors (Lipinski definition) is 8. The normalized spacial score (nSPS) is 10.8. The summed E-state index contributed by atoms with van der Waals surface area (Å²) in [6.07, 6.45) is 0. The Morgan fingerprint density at radius 3 is 2.52 bits per heavy atom. The van der Waals surface area contributed by atoms with Crippen molar-refractivity contribution in [3.63, 3.8) is 0 Å². The van der Waals surface area contributed by atoms with Crippen molar-refractivity contribution in [2.75, 3.05) is 6.61 Å². The van der Waals surface area contributed by atoms with E-state index in [1.165, 1.54) is 0 Å². The smallest absolute Gasteiger partial charge is 0.380 e. The van der Waals surface area contributed by atoms with Crippen LogP contribution < -0.4 is 4.74 Å². The molecule has 9 heteroatoms. The number of para-hydroxylation sites is 2. The molecular weight excluding hydrogens is 424 g/mol. The topological polar surface area (TPSA) is 109 Å². The molecule has 2 heterocycles. The van der Waals surface area contributed by atoms with Crippen molar-refractivity contribution in [1.82, 2.24) is 19.9 Å². The highest BCUT2D eigenvalue weighted by atomic mass is 16.6. The molecule has 0 radical (unpaired) electrons. The quantitative estimate of drug-likeness (QED) is 0.228. The number of Topliss-reactive ketones (excluding diaryl/α,β-unsaturated/α-hetero) is 1. The van der Waals surface area contributed by atoms with Gasteiger partial charge in [-0.25, -0.2) is 9.48 Å². The zero-order chi connectivity index (χ0) is 23.4. The molecule has 0 atom stereocenters. The van der Waals surface area contributed by atoms with Gasteiger partial charge >= 0.3 is 5.97 Å². The van der Waals surface area contributed by atoms with Crippen molar-refractivity contribution in [2.45, 2.75) is 27.4 Å². The third-order valence-electron chi connectivity index (χ3n) is 4.93. The van der Waals surface area contributed by atoms with E-state index in [4.69, 9.17) is 14.0 Å². The van der Waals surface area contributed by atoms with Crippen LogP contribution in [0.2, 0.25) is 0 Å². The number of rotatable bonds is 8. The van der Waals surface area contributed by atoms with Gasteiger partial charge in [0.25, 0.3) is 11.7 Å². The van der Waals surface area contributed by atoms with Gasteiger partial charge in [0.1, 0.15) is 5.75 Å². The Morgan fingerprint density at radius 2 is 1.76 bits per heavy atom. The summed E-state index contributed by atoms with van der Waals surface area (Å²) in [5.74, 6) is -0.837. The second-order valence-electron chi connectivity index (χ2n) is 7.14. The van der Waals surface area contributed by atoms with Crippen LogP contribution in [-0.2, 0) is 16.1 Å². The molecule has 0 aliphatic heterocycles. The van der Waals surface area contributed by atoms with Crippen molar-refractivity contribution in [2.24, 2.45) is 0 Å². The summed E-state index contributed by atoms with van der Waals surface area (Å²) in [7, 11) is 0. The van der Waals surface area contributed by atoms with Crippen LogP contribution in [0.3, 0.4) is 0 Å². The predicted octanol–water partition coefficient (Wildman–Crippen LogP) is 3.86. The zero-order valence-corrected chi connectivity index (χ0v) is 18.4. The van der Waals surface area contributed by atoms with E-state index in [1.807, 2.05) is 49.4 Å². The molecule has 0 aliphatic carbocycles. The molecule has 0 amide bonds. The van der Waals surface area contributed by atoms with Crippen LogP contribution in [0.5, 0.6) is 5.75 Å². The van der Waals surface area contributed by atoms with Crippen molar-refractivity contribution >= 4 is 11.8 Å². The molecule has 4 aromatic rings. The molecule has 0 unspecified atom stereocenters. The van der Waals surface area contributed by atoms with Crippen molar-refractivity contribution < 1.29 is 23.6 Å². The fourth-order valence-electron chi connectivity index (χ4n) is 3.44. The van der Waals surface area contributed by atoms with E-state index >= 15 is 0 Å². The van der Waals surface area contributed by atoms with E-state index in [-0.39, 0.29) is 18.1 Å². The minimum Gasteiger partial charge on any atom is -0.493 e. The first-order valence-corrected chi connectivity index (χ1v) is 10.4. The number of aryl methyl sites for hydroxylation is 1. The minimum atomic E-state index is -1.02. The lowest BCUT2D eigenvalue weighted by Crippen LogP contribution is -2.19. The Kier molecular flexibility index (Phi) is 6.30. The van der Waals surface area contributed by atoms with E-state index < -0.39 is 11.8 Å². The number of carbonyl (C=O) groups excluding carboxylic acids is 2. The molecule has 9 nitrogen and oxygen atoms in total. The third kappa shape index (κ3) is 4.52. The van der Waals surface area contributed by atoms with Crippen molar-refractivity contribution in [3.8, 4) is 22.8 Å². The molecule has 0 saturated heterocycles. The Hall–Kier alpha value is -4.27. The lowest BCUT2D eigenvalue weighted by Gasteiger charge is -2.06. The number of ketones is 1. The lowest BCUT2D eigenvalue weighted by atomic mass is 10.1. The van der Waals surface area contributed by atoms with E-state index in [0.29, 0.717) is 35.1 Å². The number of aromatic nitrogens is 4. The summed E-state index contributed by atoms with van der Waals surface area (Å²) in [6.45, 7) is 5.43. The van der Waals surface area contributed by atoms with Gasteiger partial charge in [0.05, 0.1) is 34.8 Å². The van der Waals surface area contributed by atoms with Crippen LogP contribution in [0, 0.1) is 13.8 Å². The largest absolute Gasteiger partial charge is 0.493 e. The highest BCUT2D eigenvalue weighted by molar-refractivity contribution is 6.41. The first-order valence-electron chi connectivity index (χ1n) is 10.4. The molecule has 0 N–H and O–H groups in total. The number of nitrogens with zero attached hydrogens (tertiary/aromatic N) is 4. The zero-order valence-electron chi connectivity index (χ0n) is 18.4. The van der Waals surface area contributed by atoms with Crippen LogP contribution in [-0.4, -0.2) is 38.3 Å². The fraction of sp³-hybridized carbons (Fsp3) is 0.208. The molecule has 33 heavy (non-hydrogen) atoms. The Morgan fingerprint density at radius 1 is 1.03 bits per heavy atom. The van der Waals surface area contributed by atoms with Crippen LogP contribution in [0.4, 0.5) is 0 Å². The molecule has 168 valence electrons. The van der Waals surface area contributed by atoms with E-state index in [2.05, 4.69) is 15.2 Å². The van der Waals surface area contributed by atoms with Crippen molar-refractivity contribution in [3.05, 3.63) is 77.4 Å². The van der Waals surface area contributed by atoms with Crippen LogP contribution >= 0.6 is 0 Å². The maximum atomic E-state index is 12.8. The van der Waals surface area contributed by atoms with E-state index in [9.17, 15) is 9.59 Å². The van der Waals surface area contributed by atoms with Gasteiger partial charge in [-0.2, -0.15) is 10.1 Å². The Bertz CT molecular complexity index is 1290. The highest BCUT2D eigenvalue weighted by Gasteiger charge is 2.27. The maximum absolute atomic E-state index is 12.8. The molecule has 0 fully saturated rings. The van der Waals surface area contributed by atoms with Crippen LogP contribution in [0.1, 0.15) is 34.6 Å². The third-order valence-corrected chi connectivity index (χ3v) is 4.93. The standard InChI is InChI=1S/C24H22N4O5/c1-4-31-19-13-9-8-12-18(19)23-25-20(33-27-23)14-32-24(30)22(29)21-15(2)26-28(16(21)3)17-10-6-5-7-11-17/h5-13H,4,14H2,1-3H3. The van der Waals surface area contributed by atoms with Gasteiger partial charge in [-0.1, -0.05) is 35.5 Å². The van der Waals surface area contributed by atoms with Gasteiger partial charge in [-0.05, 0) is 45.0 Å². The summed E-state index contributed by atoms with van der Waals surface area (Å²) in [6, 6.07) is 16.6. The number of ether oxygens (including phenoxy) is 2. The van der Waals surface area contributed by atoms with Crippen LogP contribution in [0.25, 0.3) is 17.1 Å². The van der Waals surface area contributed by atoms with Crippen molar-refractivity contribution in [1.29, 1.82) is 0 Å². The Balaban J connectivity index is 1.46. The molecule has 2 aromatic carbocycles. The summed E-state index contributed by atoms with van der Waals surface area (Å²) in [5.41, 5.74) is 2.63. The summed E-state index contributed by atoms with van der Waals surface area (Å²) < 4.78 is 17.5. The molecule has 0 aliphatic rings. The average Bonchev–Trinajstić information content (AvgIpc) is 3.42. The number of carbonyl (C=O) groups is 2. The van der Waals surface area contributed by atoms with Gasteiger partial charge in [-0.15, -0.1) is 0 Å². The van der Waals surface area contributed by atoms with Gasteiger partial charge in [0.2, 0.25) is 5.82 Å². The molecule has 0 spiro atoms. The monoisotopic (exact) mass is 446 g/mol. The van der Waals surface area contributed by atoms with Gasteiger partial charge in [-0.3, -0.25) is 4.79 Å². The molecule has 0 saturated carbocycles. The van der Waals surface area contributed by atoms with E-state index in [1.54, 1.807) is 30.7 Å². The molecular formula is C24H22N4O5. The maximum Gasteiger partial charge on any atom is 0.380 e. The molecule has 2 aromatic heterocycles. The first-order chi connectivity index (χ1) is 16.0. The summed E-state index contributed by atoms with van der Waals surface area (Å²) in [5, 5.41) is 8.32. The highest BCUT2D eigenvalue weighted by Crippen LogP contribution is 2.27. The summed E-state index contributed by atoms with van der Waals surface area (Å²) >= 11 is 0. The predicted molar refractivity (Wildman–Crippen MR) is 118 cm³/mol. The molecule has 4 rings (SSSR count). The van der Waals surface area contributed by atoms with Gasteiger partial charge in [0.15, 0.2) is 6.61 Å². The first kappa shape index (κ1) is 21.9. The minimum absolute atomic E-state index is 0.0610. The fourth-order valence-corrected chi connectivity index (χ4v) is 3.44. The van der Waals surface area contributed by atoms with E-state index in [0.717, 1.165) is 5.69 Å².